The van der Waals surface area contributed by atoms with Crippen molar-refractivity contribution in [1.82, 2.24) is 0 Å². The Balaban J connectivity index is 1.76. The van der Waals surface area contributed by atoms with E-state index in [2.05, 4.69) is 34.3 Å². The summed E-state index contributed by atoms with van der Waals surface area (Å²) in [6.45, 7) is 13.6. The molecular weight excluding hydrogens is 359 g/mol. The van der Waals surface area contributed by atoms with Crippen molar-refractivity contribution in [1.29, 1.82) is 0 Å². The summed E-state index contributed by atoms with van der Waals surface area (Å²) >= 11 is 0. The summed E-state index contributed by atoms with van der Waals surface area (Å²) in [5.74, 6) is 2.62. The molecular formula is C27H43FO. The average Bonchev–Trinajstić information content (AvgIpc) is 3.01. The number of hydrogen-bond acceptors (Lipinski definition) is 1. The van der Waals surface area contributed by atoms with Gasteiger partial charge in [-0.15, -0.1) is 0 Å². The fraction of sp³-hybridized carbons (Fsp3) is 0.778. The minimum atomic E-state index is -0.344. The Morgan fingerprint density at radius 1 is 1.21 bits per heavy atom. The molecule has 3 saturated carbocycles. The molecule has 0 radical (unpaired) electrons. The second-order valence-electron chi connectivity index (χ2n) is 10.9. The van der Waals surface area contributed by atoms with Gasteiger partial charge in [-0.2, -0.15) is 0 Å². The molecule has 0 bridgehead atoms. The fourth-order valence-electron chi connectivity index (χ4n) is 6.71. The van der Waals surface area contributed by atoms with Crippen LogP contribution in [0.1, 0.15) is 98.3 Å². The van der Waals surface area contributed by atoms with Crippen LogP contribution in [0.3, 0.4) is 0 Å². The zero-order valence-electron chi connectivity index (χ0n) is 19.3. The molecule has 0 aromatic carbocycles. The van der Waals surface area contributed by atoms with E-state index in [1.54, 1.807) is 6.08 Å². The van der Waals surface area contributed by atoms with Crippen molar-refractivity contribution >= 4 is 0 Å². The summed E-state index contributed by atoms with van der Waals surface area (Å²) in [6.07, 6.45) is 13.1. The minimum absolute atomic E-state index is 0.0146. The maximum Gasteiger partial charge on any atom is 0.122 e. The lowest BCUT2D eigenvalue weighted by atomic mass is 9.60. The van der Waals surface area contributed by atoms with Crippen LogP contribution in [-0.4, -0.2) is 11.2 Å². The van der Waals surface area contributed by atoms with E-state index in [-0.39, 0.29) is 17.3 Å². The van der Waals surface area contributed by atoms with Crippen LogP contribution in [0, 0.1) is 29.1 Å². The summed E-state index contributed by atoms with van der Waals surface area (Å²) in [5.41, 5.74) is 3.25. The van der Waals surface area contributed by atoms with E-state index in [4.69, 9.17) is 0 Å². The van der Waals surface area contributed by atoms with Crippen LogP contribution in [0.15, 0.2) is 35.2 Å². The van der Waals surface area contributed by atoms with Crippen molar-refractivity contribution < 1.29 is 9.50 Å². The average molecular weight is 403 g/mol. The summed E-state index contributed by atoms with van der Waals surface area (Å²) in [5, 5.41) is 9.99. The van der Waals surface area contributed by atoms with Crippen molar-refractivity contribution in [2.45, 2.75) is 104 Å². The number of aliphatic hydroxyl groups excluding tert-OH is 1. The highest BCUT2D eigenvalue weighted by Crippen LogP contribution is 2.60. The maximum absolute atomic E-state index is 15.5. The molecule has 0 amide bonds. The first kappa shape index (κ1) is 22.8. The lowest BCUT2D eigenvalue weighted by Gasteiger charge is -2.44. The molecule has 0 spiro atoms. The standard InChI is InChI=1S/C27H43FO/c1-18(2)8-6-9-20(4)24-13-14-25-23(10-7-15-27(24,25)5)26(28)17-21-16-22(29)12-11-19(21)3/h17-18,20,22,24-25,29H,3,6-16H2,1-2,4-5H3/b21-17-,26-23+/t20-,22+,24-,25+,27-/m1/s1. The predicted octanol–water partition coefficient (Wildman–Crippen LogP) is 7.92. The second kappa shape index (κ2) is 9.50. The van der Waals surface area contributed by atoms with Crippen LogP contribution in [-0.2, 0) is 0 Å². The summed E-state index contributed by atoms with van der Waals surface area (Å²) < 4.78 is 15.5. The monoisotopic (exact) mass is 402 g/mol. The van der Waals surface area contributed by atoms with Gasteiger partial charge in [0.1, 0.15) is 5.83 Å². The van der Waals surface area contributed by atoms with Crippen LogP contribution < -0.4 is 0 Å². The molecule has 0 unspecified atom stereocenters. The van der Waals surface area contributed by atoms with Crippen molar-refractivity contribution in [2.75, 3.05) is 0 Å². The Hall–Kier alpha value is -0.890. The normalized spacial score (nSPS) is 37.1. The summed E-state index contributed by atoms with van der Waals surface area (Å²) in [6, 6.07) is 0. The van der Waals surface area contributed by atoms with Gasteiger partial charge in [0.15, 0.2) is 0 Å². The molecule has 1 nitrogen and oxygen atoms in total. The topological polar surface area (TPSA) is 20.2 Å². The van der Waals surface area contributed by atoms with E-state index in [1.165, 1.54) is 32.1 Å². The van der Waals surface area contributed by atoms with E-state index in [9.17, 15) is 5.11 Å². The van der Waals surface area contributed by atoms with Gasteiger partial charge in [0.25, 0.3) is 0 Å². The number of hydrogen-bond donors (Lipinski definition) is 1. The van der Waals surface area contributed by atoms with Gasteiger partial charge in [0.05, 0.1) is 6.10 Å². The number of halogens is 1. The van der Waals surface area contributed by atoms with E-state index in [0.717, 1.165) is 66.6 Å². The molecule has 164 valence electrons. The van der Waals surface area contributed by atoms with Crippen LogP contribution in [0.4, 0.5) is 4.39 Å². The van der Waals surface area contributed by atoms with Gasteiger partial charge in [-0.25, -0.2) is 4.39 Å². The highest BCUT2D eigenvalue weighted by Gasteiger charge is 2.51. The van der Waals surface area contributed by atoms with Gasteiger partial charge in [-0.3, -0.25) is 0 Å². The molecule has 0 saturated heterocycles. The molecule has 3 aliphatic carbocycles. The molecule has 3 rings (SSSR count). The number of fused-ring (bicyclic) bond motifs is 1. The maximum atomic E-state index is 15.5. The second-order valence-corrected chi connectivity index (χ2v) is 10.9. The van der Waals surface area contributed by atoms with Gasteiger partial charge in [0, 0.05) is 0 Å². The molecule has 29 heavy (non-hydrogen) atoms. The smallest absolute Gasteiger partial charge is 0.122 e. The highest BCUT2D eigenvalue weighted by atomic mass is 19.1. The molecule has 0 aromatic rings. The Bertz CT molecular complexity index is 657. The molecule has 3 aliphatic rings. The van der Waals surface area contributed by atoms with Crippen molar-refractivity contribution in [2.24, 2.45) is 29.1 Å². The predicted molar refractivity (Wildman–Crippen MR) is 121 cm³/mol. The van der Waals surface area contributed by atoms with Crippen LogP contribution in [0.5, 0.6) is 0 Å². The Labute approximate surface area is 178 Å². The Morgan fingerprint density at radius 2 is 1.97 bits per heavy atom. The SMILES string of the molecule is C=C1CC[C@H](O)C/C1=C/C(F)=C1/CCC[C@]2(C)[C@@H]([C@H](C)CCCC(C)C)CC[C@@H]12. The van der Waals surface area contributed by atoms with Gasteiger partial charge in [-0.05, 0) is 97.7 Å². The number of allylic oxidation sites excluding steroid dienone is 4. The lowest BCUT2D eigenvalue weighted by Crippen LogP contribution is -2.36. The molecule has 1 N–H and O–H groups in total. The number of rotatable bonds is 6. The van der Waals surface area contributed by atoms with Crippen LogP contribution in [0.2, 0.25) is 0 Å². The molecule has 0 aromatic heterocycles. The van der Waals surface area contributed by atoms with E-state index >= 15 is 4.39 Å². The third kappa shape index (κ3) is 5.06. The van der Waals surface area contributed by atoms with Crippen molar-refractivity contribution in [3.8, 4) is 0 Å². The van der Waals surface area contributed by atoms with Crippen molar-refractivity contribution in [3.05, 3.63) is 35.2 Å². The Morgan fingerprint density at radius 3 is 2.69 bits per heavy atom. The summed E-state index contributed by atoms with van der Waals surface area (Å²) in [4.78, 5) is 0. The highest BCUT2D eigenvalue weighted by molar-refractivity contribution is 5.38. The Kier molecular flexibility index (Phi) is 7.46. The minimum Gasteiger partial charge on any atom is -0.393 e. The zero-order valence-corrected chi connectivity index (χ0v) is 19.3. The molecule has 2 heteroatoms. The van der Waals surface area contributed by atoms with E-state index in [0.29, 0.717) is 12.3 Å². The van der Waals surface area contributed by atoms with Gasteiger partial charge >= 0.3 is 0 Å². The van der Waals surface area contributed by atoms with Gasteiger partial charge in [-0.1, -0.05) is 59.1 Å². The zero-order chi connectivity index (χ0) is 21.2. The molecule has 0 aliphatic heterocycles. The molecule has 0 heterocycles. The lowest BCUT2D eigenvalue weighted by molar-refractivity contribution is 0.0913. The molecule has 5 atom stereocenters. The van der Waals surface area contributed by atoms with Crippen LogP contribution in [0.25, 0.3) is 0 Å². The number of aliphatic hydroxyl groups is 1. The first-order valence-corrected chi connectivity index (χ1v) is 12.2. The third-order valence-electron chi connectivity index (χ3n) is 8.42. The van der Waals surface area contributed by atoms with Crippen molar-refractivity contribution in [3.63, 3.8) is 0 Å². The van der Waals surface area contributed by atoms with E-state index in [1.807, 2.05) is 0 Å². The first-order valence-electron chi connectivity index (χ1n) is 12.2. The third-order valence-corrected chi connectivity index (χ3v) is 8.42. The largest absolute Gasteiger partial charge is 0.393 e. The van der Waals surface area contributed by atoms with E-state index < -0.39 is 0 Å². The quantitative estimate of drug-likeness (QED) is 0.478. The van der Waals surface area contributed by atoms with Gasteiger partial charge < -0.3 is 5.11 Å². The van der Waals surface area contributed by atoms with Crippen LogP contribution >= 0.6 is 0 Å². The van der Waals surface area contributed by atoms with Gasteiger partial charge in [0.2, 0.25) is 0 Å². The summed E-state index contributed by atoms with van der Waals surface area (Å²) in [7, 11) is 0. The fourth-order valence-corrected chi connectivity index (χ4v) is 6.71. The molecule has 3 fully saturated rings. The first-order chi connectivity index (χ1) is 13.7.